The fraction of sp³-hybridized carbons (Fsp3) is 0.500. The van der Waals surface area contributed by atoms with Crippen LogP contribution in [0.1, 0.15) is 43.6 Å². The number of amides is 2. The van der Waals surface area contributed by atoms with Crippen molar-refractivity contribution in [3.63, 3.8) is 0 Å². The average molecular weight is 288 g/mol. The van der Waals surface area contributed by atoms with Gasteiger partial charge in [0.2, 0.25) is 11.8 Å². The molecule has 1 fully saturated rings. The molecule has 3 rings (SSSR count). The van der Waals surface area contributed by atoms with E-state index in [4.69, 9.17) is 0 Å². The molecule has 112 valence electrons. The van der Waals surface area contributed by atoms with E-state index >= 15 is 0 Å². The molecule has 1 heterocycles. The van der Waals surface area contributed by atoms with Crippen LogP contribution in [0, 0.1) is 0 Å². The molecule has 0 spiro atoms. The lowest BCUT2D eigenvalue weighted by molar-refractivity contribution is -0.126. The van der Waals surface area contributed by atoms with Crippen molar-refractivity contribution in [1.29, 1.82) is 0 Å². The van der Waals surface area contributed by atoms with Gasteiger partial charge in [-0.3, -0.25) is 9.59 Å². The van der Waals surface area contributed by atoms with Gasteiger partial charge in [-0.05, 0) is 24.5 Å². The fourth-order valence-corrected chi connectivity index (χ4v) is 3.21. The highest BCUT2D eigenvalue weighted by atomic mass is 16.3. The molecule has 5 heteroatoms. The molecule has 0 aromatic heterocycles. The number of para-hydroxylation sites is 1. The summed E-state index contributed by atoms with van der Waals surface area (Å²) in [5, 5.41) is 15.8. The summed E-state index contributed by atoms with van der Waals surface area (Å²) in [4.78, 5) is 24.0. The number of anilines is 1. The van der Waals surface area contributed by atoms with Crippen molar-refractivity contribution in [1.82, 2.24) is 5.32 Å². The van der Waals surface area contributed by atoms with E-state index in [1.165, 1.54) is 0 Å². The molecule has 0 radical (unpaired) electrons. The topological polar surface area (TPSA) is 78.4 Å². The Balaban J connectivity index is 1.59. The number of hydrogen-bond donors (Lipinski definition) is 3. The Morgan fingerprint density at radius 3 is 2.81 bits per heavy atom. The minimum absolute atomic E-state index is 0.124. The molecule has 1 aromatic carbocycles. The molecule has 1 atom stereocenters. The number of aliphatic hydroxyl groups is 1. The second kappa shape index (κ2) is 5.48. The molecule has 3 N–H and O–H groups in total. The number of carbonyl (C=O) groups excluding carboxylic acids is 2. The van der Waals surface area contributed by atoms with E-state index in [2.05, 4.69) is 10.6 Å². The Bertz CT molecular complexity index is 564. The molecule has 2 aliphatic rings. The normalized spacial score (nSPS) is 22.7. The number of carbonyl (C=O) groups is 2. The maximum Gasteiger partial charge on any atom is 0.232 e. The summed E-state index contributed by atoms with van der Waals surface area (Å²) >= 11 is 0. The van der Waals surface area contributed by atoms with Crippen LogP contribution in [0.4, 0.5) is 5.69 Å². The number of fused-ring (bicyclic) bond motifs is 1. The van der Waals surface area contributed by atoms with Gasteiger partial charge in [0.15, 0.2) is 0 Å². The highest BCUT2D eigenvalue weighted by Gasteiger charge is 2.34. The minimum atomic E-state index is -0.758. The molecule has 0 bridgehead atoms. The maximum atomic E-state index is 12.1. The first kappa shape index (κ1) is 14.1. The lowest BCUT2D eigenvalue weighted by Gasteiger charge is -2.22. The van der Waals surface area contributed by atoms with E-state index in [1.54, 1.807) is 0 Å². The van der Waals surface area contributed by atoms with Gasteiger partial charge in [-0.2, -0.15) is 0 Å². The van der Waals surface area contributed by atoms with Crippen molar-refractivity contribution in [2.45, 2.75) is 43.6 Å². The second-order valence-electron chi connectivity index (χ2n) is 6.04. The summed E-state index contributed by atoms with van der Waals surface area (Å²) in [6.45, 7) is 0.280. The molecule has 1 saturated carbocycles. The standard InChI is InChI=1S/C16H20N2O3/c19-14(17-10-16(21)7-3-4-8-16)9-12-11-5-1-2-6-13(11)18-15(12)20/h1-2,5-6,12,21H,3-4,7-10H2,(H,17,19)(H,18,20). The monoisotopic (exact) mass is 288 g/mol. The third-order valence-corrected chi connectivity index (χ3v) is 4.45. The van der Waals surface area contributed by atoms with Gasteiger partial charge in [-0.15, -0.1) is 0 Å². The highest BCUT2D eigenvalue weighted by Crippen LogP contribution is 2.34. The highest BCUT2D eigenvalue weighted by molar-refractivity contribution is 6.04. The predicted octanol–water partition coefficient (Wildman–Crippen LogP) is 1.53. The maximum absolute atomic E-state index is 12.1. The lowest BCUT2D eigenvalue weighted by atomic mass is 9.96. The van der Waals surface area contributed by atoms with Crippen LogP contribution >= 0.6 is 0 Å². The summed E-state index contributed by atoms with van der Waals surface area (Å²) in [6, 6.07) is 7.44. The van der Waals surface area contributed by atoms with Gasteiger partial charge < -0.3 is 15.7 Å². The van der Waals surface area contributed by atoms with E-state index in [0.29, 0.717) is 0 Å². The van der Waals surface area contributed by atoms with Crippen LogP contribution in [0.5, 0.6) is 0 Å². The SMILES string of the molecule is O=C(CC1C(=O)Nc2ccccc21)NCC1(O)CCCC1. The van der Waals surface area contributed by atoms with E-state index in [1.807, 2.05) is 24.3 Å². The molecular formula is C16H20N2O3. The Labute approximate surface area is 123 Å². The molecule has 1 aromatic rings. The van der Waals surface area contributed by atoms with Crippen LogP contribution in [-0.2, 0) is 9.59 Å². The number of benzene rings is 1. The Morgan fingerprint density at radius 2 is 2.05 bits per heavy atom. The van der Waals surface area contributed by atoms with Crippen LogP contribution in [0.15, 0.2) is 24.3 Å². The zero-order valence-electron chi connectivity index (χ0n) is 11.9. The van der Waals surface area contributed by atoms with Crippen molar-refractivity contribution >= 4 is 17.5 Å². The zero-order chi connectivity index (χ0) is 14.9. The molecule has 1 aliphatic heterocycles. The van der Waals surface area contributed by atoms with Gasteiger partial charge in [-0.25, -0.2) is 0 Å². The molecular weight excluding hydrogens is 268 g/mol. The van der Waals surface area contributed by atoms with Crippen molar-refractivity contribution in [3.05, 3.63) is 29.8 Å². The summed E-state index contributed by atoms with van der Waals surface area (Å²) in [6.07, 6.45) is 3.61. The van der Waals surface area contributed by atoms with Gasteiger partial charge in [0.05, 0.1) is 11.5 Å². The second-order valence-corrected chi connectivity index (χ2v) is 6.04. The largest absolute Gasteiger partial charge is 0.388 e. The Kier molecular flexibility index (Phi) is 3.68. The summed E-state index contributed by atoms with van der Waals surface area (Å²) in [5.74, 6) is -0.752. The average Bonchev–Trinajstić information content (AvgIpc) is 3.03. The zero-order valence-corrected chi connectivity index (χ0v) is 11.9. The van der Waals surface area contributed by atoms with Gasteiger partial charge in [0, 0.05) is 18.7 Å². The number of hydrogen-bond acceptors (Lipinski definition) is 3. The van der Waals surface area contributed by atoms with Crippen molar-refractivity contribution in [2.24, 2.45) is 0 Å². The minimum Gasteiger partial charge on any atom is -0.388 e. The summed E-state index contributed by atoms with van der Waals surface area (Å²) in [7, 11) is 0. The summed E-state index contributed by atoms with van der Waals surface area (Å²) in [5.41, 5.74) is 0.901. The van der Waals surface area contributed by atoms with Gasteiger partial charge in [0.1, 0.15) is 0 Å². The van der Waals surface area contributed by atoms with Crippen LogP contribution in [0.2, 0.25) is 0 Å². The van der Waals surface area contributed by atoms with Gasteiger partial charge in [0.25, 0.3) is 0 Å². The third-order valence-electron chi connectivity index (χ3n) is 4.45. The molecule has 5 nitrogen and oxygen atoms in total. The van der Waals surface area contributed by atoms with E-state index in [0.717, 1.165) is 36.9 Å². The number of rotatable bonds is 4. The number of nitrogens with one attached hydrogen (secondary N) is 2. The molecule has 21 heavy (non-hydrogen) atoms. The van der Waals surface area contributed by atoms with E-state index in [9.17, 15) is 14.7 Å². The lowest BCUT2D eigenvalue weighted by Crippen LogP contribution is -2.41. The van der Waals surface area contributed by atoms with Gasteiger partial charge in [-0.1, -0.05) is 31.0 Å². The van der Waals surface area contributed by atoms with E-state index in [-0.39, 0.29) is 24.8 Å². The summed E-state index contributed by atoms with van der Waals surface area (Å²) < 4.78 is 0. The first-order valence-corrected chi connectivity index (χ1v) is 7.46. The van der Waals surface area contributed by atoms with Gasteiger partial charge >= 0.3 is 0 Å². The third kappa shape index (κ3) is 2.93. The van der Waals surface area contributed by atoms with Crippen LogP contribution in [0.25, 0.3) is 0 Å². The van der Waals surface area contributed by atoms with Crippen LogP contribution in [-0.4, -0.2) is 29.1 Å². The van der Waals surface area contributed by atoms with Crippen molar-refractivity contribution in [3.8, 4) is 0 Å². The van der Waals surface area contributed by atoms with Crippen LogP contribution in [0.3, 0.4) is 0 Å². The first-order chi connectivity index (χ1) is 10.1. The first-order valence-electron chi connectivity index (χ1n) is 7.46. The smallest absolute Gasteiger partial charge is 0.232 e. The molecule has 0 saturated heterocycles. The quantitative estimate of drug-likeness (QED) is 0.786. The Morgan fingerprint density at radius 1 is 1.33 bits per heavy atom. The fourth-order valence-electron chi connectivity index (χ4n) is 3.21. The molecule has 2 amide bonds. The molecule has 1 aliphatic carbocycles. The molecule has 1 unspecified atom stereocenters. The van der Waals surface area contributed by atoms with Crippen LogP contribution < -0.4 is 10.6 Å². The van der Waals surface area contributed by atoms with Crippen molar-refractivity contribution in [2.75, 3.05) is 11.9 Å². The van der Waals surface area contributed by atoms with E-state index < -0.39 is 11.5 Å². The van der Waals surface area contributed by atoms with Crippen molar-refractivity contribution < 1.29 is 14.7 Å². The predicted molar refractivity (Wildman–Crippen MR) is 78.9 cm³/mol. The Hall–Kier alpha value is -1.88.